The molecule has 1 aromatic rings. The lowest BCUT2D eigenvalue weighted by atomic mass is 9.77. The van der Waals surface area contributed by atoms with E-state index in [9.17, 15) is 10.0 Å². The van der Waals surface area contributed by atoms with Crippen molar-refractivity contribution in [3.05, 3.63) is 29.8 Å². The molecular formula is C13H21BO5. The molecule has 0 aromatic heterocycles. The third kappa shape index (κ3) is 6.70. The first kappa shape index (κ1) is 16.1. The van der Waals surface area contributed by atoms with Crippen LogP contribution in [0.15, 0.2) is 24.3 Å². The van der Waals surface area contributed by atoms with Gasteiger partial charge < -0.3 is 24.3 Å². The molecule has 0 aliphatic carbocycles. The van der Waals surface area contributed by atoms with Crippen LogP contribution in [0.2, 0.25) is 0 Å². The molecular weight excluding hydrogens is 247 g/mol. The van der Waals surface area contributed by atoms with E-state index in [1.165, 1.54) is 0 Å². The van der Waals surface area contributed by atoms with Crippen LogP contribution in [0.1, 0.15) is 12.0 Å². The van der Waals surface area contributed by atoms with Crippen molar-refractivity contribution in [1.29, 1.82) is 0 Å². The molecule has 5 nitrogen and oxygen atoms in total. The van der Waals surface area contributed by atoms with Gasteiger partial charge in [-0.25, -0.2) is 0 Å². The smallest absolute Gasteiger partial charge is 0.423 e. The van der Waals surface area contributed by atoms with Crippen LogP contribution >= 0.6 is 0 Å². The van der Waals surface area contributed by atoms with E-state index in [2.05, 4.69) is 0 Å². The van der Waals surface area contributed by atoms with Crippen molar-refractivity contribution in [2.24, 2.45) is 0 Å². The number of hydrogen-bond donors (Lipinski definition) is 2. The first-order chi connectivity index (χ1) is 9.25. The van der Waals surface area contributed by atoms with E-state index >= 15 is 0 Å². The summed E-state index contributed by atoms with van der Waals surface area (Å²) in [7, 11) is 0.195. The lowest BCUT2D eigenvalue weighted by Crippen LogP contribution is -2.33. The second kappa shape index (κ2) is 9.94. The fourth-order valence-electron chi connectivity index (χ4n) is 1.62. The summed E-state index contributed by atoms with van der Waals surface area (Å²) in [4.78, 5) is 0. The molecule has 6 heteroatoms. The van der Waals surface area contributed by atoms with E-state index in [0.717, 1.165) is 12.0 Å². The maximum atomic E-state index is 9.19. The van der Waals surface area contributed by atoms with Gasteiger partial charge in [0.2, 0.25) is 0 Å². The van der Waals surface area contributed by atoms with Gasteiger partial charge in [-0.3, -0.25) is 0 Å². The zero-order chi connectivity index (χ0) is 13.9. The molecule has 106 valence electrons. The largest absolute Gasteiger partial charge is 0.488 e. The Kier molecular flexibility index (Phi) is 8.45. The maximum Gasteiger partial charge on any atom is 0.488 e. The number of ether oxygens (including phenoxy) is 3. The third-order valence-corrected chi connectivity index (χ3v) is 2.60. The van der Waals surface area contributed by atoms with Gasteiger partial charge in [0.15, 0.2) is 0 Å². The fraction of sp³-hybridized carbons (Fsp3) is 0.538. The molecule has 0 heterocycles. The lowest BCUT2D eigenvalue weighted by Gasteiger charge is -2.09. The van der Waals surface area contributed by atoms with Crippen molar-refractivity contribution in [1.82, 2.24) is 0 Å². The Morgan fingerprint density at radius 1 is 1.00 bits per heavy atom. The highest BCUT2D eigenvalue weighted by Gasteiger charge is 2.14. The molecule has 19 heavy (non-hydrogen) atoms. The summed E-state index contributed by atoms with van der Waals surface area (Å²) in [5, 5.41) is 18.4. The number of hydrogen-bond acceptors (Lipinski definition) is 5. The second-order valence-electron chi connectivity index (χ2n) is 4.08. The Morgan fingerprint density at radius 3 is 2.47 bits per heavy atom. The van der Waals surface area contributed by atoms with Crippen LogP contribution in [0.5, 0.6) is 0 Å². The summed E-state index contributed by atoms with van der Waals surface area (Å²) in [6, 6.07) is 7.09. The van der Waals surface area contributed by atoms with E-state index < -0.39 is 7.12 Å². The normalized spacial score (nSPS) is 10.7. The predicted molar refractivity (Wildman–Crippen MR) is 73.2 cm³/mol. The maximum absolute atomic E-state index is 9.19. The van der Waals surface area contributed by atoms with Gasteiger partial charge in [-0.2, -0.15) is 0 Å². The molecule has 1 aromatic carbocycles. The van der Waals surface area contributed by atoms with Crippen molar-refractivity contribution in [2.45, 2.75) is 13.0 Å². The predicted octanol–water partition coefficient (Wildman–Crippen LogP) is -0.0639. The van der Waals surface area contributed by atoms with Gasteiger partial charge in [0, 0.05) is 20.3 Å². The van der Waals surface area contributed by atoms with E-state index in [4.69, 9.17) is 14.2 Å². The zero-order valence-electron chi connectivity index (χ0n) is 11.2. The Morgan fingerprint density at radius 2 is 1.74 bits per heavy atom. The average molecular weight is 268 g/mol. The van der Waals surface area contributed by atoms with Crippen LogP contribution in [-0.4, -0.2) is 50.7 Å². The standard InChI is InChI=1S/C13H21BO5/c1-17-7-4-8-18-9-10-19-11-12-5-2-3-6-13(12)14(15)16/h2-3,5-6,15-16H,4,7-11H2,1H3. The summed E-state index contributed by atoms with van der Waals surface area (Å²) in [6.07, 6.45) is 0.871. The summed E-state index contributed by atoms with van der Waals surface area (Å²) in [6.45, 7) is 2.69. The molecule has 1 rings (SSSR count). The van der Waals surface area contributed by atoms with E-state index in [-0.39, 0.29) is 0 Å². The monoisotopic (exact) mass is 268 g/mol. The van der Waals surface area contributed by atoms with Crippen molar-refractivity contribution in [2.75, 3.05) is 33.5 Å². The van der Waals surface area contributed by atoms with Gasteiger partial charge in [-0.1, -0.05) is 24.3 Å². The van der Waals surface area contributed by atoms with Crippen molar-refractivity contribution >= 4 is 12.6 Å². The lowest BCUT2D eigenvalue weighted by molar-refractivity contribution is 0.0338. The summed E-state index contributed by atoms with van der Waals surface area (Å²) in [5.41, 5.74) is 1.25. The highest BCUT2D eigenvalue weighted by atomic mass is 16.5. The van der Waals surface area contributed by atoms with Crippen LogP contribution in [-0.2, 0) is 20.8 Å². The molecule has 0 saturated carbocycles. The van der Waals surface area contributed by atoms with Gasteiger partial charge in [0.05, 0.1) is 19.8 Å². The Balaban J connectivity index is 2.16. The fourth-order valence-corrected chi connectivity index (χ4v) is 1.62. The Bertz CT molecular complexity index is 346. The van der Waals surface area contributed by atoms with Crippen molar-refractivity contribution in [3.63, 3.8) is 0 Å². The molecule has 0 aliphatic rings. The van der Waals surface area contributed by atoms with Crippen molar-refractivity contribution in [3.8, 4) is 0 Å². The van der Waals surface area contributed by atoms with Gasteiger partial charge in [-0.05, 0) is 17.4 Å². The quantitative estimate of drug-likeness (QED) is 0.459. The molecule has 0 fully saturated rings. The average Bonchev–Trinajstić information content (AvgIpc) is 2.42. The van der Waals surface area contributed by atoms with Crippen LogP contribution in [0.25, 0.3) is 0 Å². The Hall–Kier alpha value is -0.915. The summed E-state index contributed by atoms with van der Waals surface area (Å²) < 4.78 is 15.7. The highest BCUT2D eigenvalue weighted by molar-refractivity contribution is 6.59. The minimum atomic E-state index is -1.47. The molecule has 2 N–H and O–H groups in total. The molecule has 0 amide bonds. The minimum Gasteiger partial charge on any atom is -0.423 e. The molecule has 0 saturated heterocycles. The van der Waals surface area contributed by atoms with Crippen LogP contribution in [0.3, 0.4) is 0 Å². The van der Waals surface area contributed by atoms with Crippen LogP contribution in [0, 0.1) is 0 Å². The van der Waals surface area contributed by atoms with Gasteiger partial charge in [0.1, 0.15) is 0 Å². The third-order valence-electron chi connectivity index (χ3n) is 2.60. The van der Waals surface area contributed by atoms with Gasteiger partial charge in [-0.15, -0.1) is 0 Å². The number of methoxy groups -OCH3 is 1. The SMILES string of the molecule is COCCCOCCOCc1ccccc1B(O)O. The molecule has 0 aliphatic heterocycles. The highest BCUT2D eigenvalue weighted by Crippen LogP contribution is 1.99. The summed E-state index contributed by atoms with van der Waals surface area (Å²) in [5.74, 6) is 0. The van der Waals surface area contributed by atoms with E-state index in [1.807, 2.05) is 12.1 Å². The molecule has 0 unspecified atom stereocenters. The molecule has 0 spiro atoms. The molecule has 0 atom stereocenters. The Labute approximate surface area is 114 Å². The first-order valence-electron chi connectivity index (χ1n) is 6.34. The van der Waals surface area contributed by atoms with Crippen LogP contribution < -0.4 is 5.46 Å². The van der Waals surface area contributed by atoms with Crippen molar-refractivity contribution < 1.29 is 24.3 Å². The first-order valence-corrected chi connectivity index (χ1v) is 6.34. The summed E-state index contributed by atoms with van der Waals surface area (Å²) >= 11 is 0. The zero-order valence-corrected chi connectivity index (χ0v) is 11.2. The molecule has 0 radical (unpaired) electrons. The van der Waals surface area contributed by atoms with Gasteiger partial charge >= 0.3 is 7.12 Å². The number of benzene rings is 1. The number of rotatable bonds is 10. The topological polar surface area (TPSA) is 68.2 Å². The minimum absolute atomic E-state index is 0.342. The van der Waals surface area contributed by atoms with E-state index in [1.54, 1.807) is 19.2 Å². The molecule has 0 bridgehead atoms. The van der Waals surface area contributed by atoms with Crippen LogP contribution in [0.4, 0.5) is 0 Å². The van der Waals surface area contributed by atoms with Gasteiger partial charge in [0.25, 0.3) is 0 Å². The van der Waals surface area contributed by atoms with E-state index in [0.29, 0.717) is 38.5 Å². The second-order valence-corrected chi connectivity index (χ2v) is 4.08.